The van der Waals surface area contributed by atoms with Crippen LogP contribution in [0.5, 0.6) is 0 Å². The first-order valence-corrected chi connectivity index (χ1v) is 6.03. The Morgan fingerprint density at radius 1 is 1.43 bits per heavy atom. The molecule has 1 unspecified atom stereocenters. The fraction of sp³-hybridized carbons (Fsp3) is 0.909. The molecule has 2 nitrogen and oxygen atoms in total. The second-order valence-corrected chi connectivity index (χ2v) is 5.04. The van der Waals surface area contributed by atoms with Gasteiger partial charge in [-0.3, -0.25) is 4.79 Å². The van der Waals surface area contributed by atoms with Crippen molar-refractivity contribution in [2.24, 2.45) is 5.92 Å². The zero-order valence-electron chi connectivity index (χ0n) is 8.89. The second kappa shape index (κ2) is 6.28. The van der Waals surface area contributed by atoms with E-state index in [0.29, 0.717) is 18.9 Å². The van der Waals surface area contributed by atoms with Gasteiger partial charge in [0.1, 0.15) is 0 Å². The average molecular weight is 218 g/mol. The quantitative estimate of drug-likeness (QED) is 0.721. The minimum absolute atomic E-state index is 0.0327. The number of amides is 1. The molecule has 1 N–H and O–H groups in total. The van der Waals surface area contributed by atoms with Crippen molar-refractivity contribution in [1.82, 2.24) is 5.32 Å². The molecule has 1 aliphatic rings. The van der Waals surface area contributed by atoms with Crippen LogP contribution in [-0.4, -0.2) is 17.8 Å². The van der Waals surface area contributed by atoms with Crippen LogP contribution in [0.1, 0.15) is 45.4 Å². The smallest absolute Gasteiger partial charge is 0.220 e. The van der Waals surface area contributed by atoms with Gasteiger partial charge in [0.15, 0.2) is 0 Å². The van der Waals surface area contributed by atoms with Crippen LogP contribution in [0.3, 0.4) is 0 Å². The number of nitrogens with one attached hydrogen (secondary N) is 1. The Balaban J connectivity index is 2.12. The minimum atomic E-state index is 0.0327. The van der Waals surface area contributed by atoms with Gasteiger partial charge in [0.2, 0.25) is 5.91 Å². The summed E-state index contributed by atoms with van der Waals surface area (Å²) in [6, 6.07) is 0. The molecule has 14 heavy (non-hydrogen) atoms. The van der Waals surface area contributed by atoms with Gasteiger partial charge in [0.25, 0.3) is 0 Å². The first-order chi connectivity index (χ1) is 6.68. The highest BCUT2D eigenvalue weighted by molar-refractivity contribution is 6.20. The average Bonchev–Trinajstić information content (AvgIpc) is 2.16. The molecular formula is C11H20ClNO. The van der Waals surface area contributed by atoms with Crippen LogP contribution in [0, 0.1) is 5.92 Å². The number of hydrogen-bond acceptors (Lipinski definition) is 1. The lowest BCUT2D eigenvalue weighted by atomic mass is 9.87. The lowest BCUT2D eigenvalue weighted by Crippen LogP contribution is -2.30. The molecule has 0 spiro atoms. The Kier molecular flexibility index (Phi) is 5.31. The minimum Gasteiger partial charge on any atom is -0.355 e. The van der Waals surface area contributed by atoms with Crippen LogP contribution in [0.2, 0.25) is 0 Å². The van der Waals surface area contributed by atoms with Gasteiger partial charge in [0.05, 0.1) is 0 Å². The number of halogens is 1. The molecule has 3 heteroatoms. The lowest BCUT2D eigenvalue weighted by Gasteiger charge is -2.20. The van der Waals surface area contributed by atoms with Gasteiger partial charge in [-0.2, -0.15) is 0 Å². The topological polar surface area (TPSA) is 29.1 Å². The van der Waals surface area contributed by atoms with E-state index in [9.17, 15) is 4.79 Å². The van der Waals surface area contributed by atoms with Crippen molar-refractivity contribution in [2.45, 2.75) is 50.8 Å². The monoisotopic (exact) mass is 217 g/mol. The maximum absolute atomic E-state index is 11.4. The van der Waals surface area contributed by atoms with Crippen LogP contribution in [0.15, 0.2) is 0 Å². The number of carbonyl (C=O) groups excluding carboxylic acids is 1. The summed E-state index contributed by atoms with van der Waals surface area (Å²) < 4.78 is 0. The van der Waals surface area contributed by atoms with E-state index < -0.39 is 0 Å². The van der Waals surface area contributed by atoms with Crippen molar-refractivity contribution in [1.29, 1.82) is 0 Å². The van der Waals surface area contributed by atoms with Crippen molar-refractivity contribution in [3.05, 3.63) is 0 Å². The van der Waals surface area contributed by atoms with Crippen molar-refractivity contribution >= 4 is 17.5 Å². The third-order valence-electron chi connectivity index (χ3n) is 2.78. The van der Waals surface area contributed by atoms with Crippen molar-refractivity contribution in [2.75, 3.05) is 6.54 Å². The Labute approximate surface area is 91.4 Å². The van der Waals surface area contributed by atoms with E-state index in [1.54, 1.807) is 0 Å². The summed E-state index contributed by atoms with van der Waals surface area (Å²) in [5, 5.41) is 2.89. The molecule has 0 saturated heterocycles. The highest BCUT2D eigenvalue weighted by atomic mass is 35.5. The molecular weight excluding hydrogens is 198 g/mol. The SMILES string of the molecule is CC(Cl)CNC(=O)CC1CCCCC1. The fourth-order valence-electron chi connectivity index (χ4n) is 1.98. The lowest BCUT2D eigenvalue weighted by molar-refractivity contribution is -0.122. The normalized spacial score (nSPS) is 20.4. The summed E-state index contributed by atoms with van der Waals surface area (Å²) in [7, 11) is 0. The summed E-state index contributed by atoms with van der Waals surface area (Å²) in [5.74, 6) is 0.791. The standard InChI is InChI=1S/C11H20ClNO/c1-9(12)8-13-11(14)7-10-5-3-2-4-6-10/h9-10H,2-8H2,1H3,(H,13,14). The molecule has 1 atom stereocenters. The Morgan fingerprint density at radius 2 is 2.07 bits per heavy atom. The van der Waals surface area contributed by atoms with Crippen LogP contribution in [0.4, 0.5) is 0 Å². The number of alkyl halides is 1. The van der Waals surface area contributed by atoms with E-state index in [2.05, 4.69) is 5.32 Å². The summed E-state index contributed by atoms with van der Waals surface area (Å²) >= 11 is 5.75. The number of hydrogen-bond donors (Lipinski definition) is 1. The van der Waals surface area contributed by atoms with Crippen LogP contribution in [-0.2, 0) is 4.79 Å². The number of rotatable bonds is 4. The van der Waals surface area contributed by atoms with Crippen LogP contribution < -0.4 is 5.32 Å². The third-order valence-corrected chi connectivity index (χ3v) is 2.93. The Bertz CT molecular complexity index is 176. The van der Waals surface area contributed by atoms with Gasteiger partial charge >= 0.3 is 0 Å². The van der Waals surface area contributed by atoms with Crippen LogP contribution in [0.25, 0.3) is 0 Å². The van der Waals surface area contributed by atoms with Gasteiger partial charge in [-0.15, -0.1) is 11.6 Å². The molecule has 1 saturated carbocycles. The highest BCUT2D eigenvalue weighted by Gasteiger charge is 2.16. The summed E-state index contributed by atoms with van der Waals surface area (Å²) in [4.78, 5) is 11.4. The van der Waals surface area contributed by atoms with E-state index in [1.807, 2.05) is 6.92 Å². The highest BCUT2D eigenvalue weighted by Crippen LogP contribution is 2.25. The molecule has 0 aromatic heterocycles. The van der Waals surface area contributed by atoms with E-state index in [1.165, 1.54) is 32.1 Å². The molecule has 0 heterocycles. The van der Waals surface area contributed by atoms with E-state index in [0.717, 1.165) is 0 Å². The molecule has 82 valence electrons. The van der Waals surface area contributed by atoms with Crippen molar-refractivity contribution < 1.29 is 4.79 Å². The van der Waals surface area contributed by atoms with Gasteiger partial charge in [-0.25, -0.2) is 0 Å². The molecule has 0 aliphatic heterocycles. The molecule has 1 fully saturated rings. The Hall–Kier alpha value is -0.240. The molecule has 0 bridgehead atoms. The molecule has 1 amide bonds. The first-order valence-electron chi connectivity index (χ1n) is 5.59. The van der Waals surface area contributed by atoms with Crippen molar-refractivity contribution in [3.8, 4) is 0 Å². The van der Waals surface area contributed by atoms with Gasteiger partial charge < -0.3 is 5.32 Å². The molecule has 0 aromatic carbocycles. The van der Waals surface area contributed by atoms with E-state index >= 15 is 0 Å². The van der Waals surface area contributed by atoms with Crippen LogP contribution >= 0.6 is 11.6 Å². The zero-order chi connectivity index (χ0) is 10.4. The predicted octanol–water partition coefficient (Wildman–Crippen LogP) is 2.70. The molecule has 0 radical (unpaired) electrons. The van der Waals surface area contributed by atoms with Gasteiger partial charge in [0, 0.05) is 18.3 Å². The largest absolute Gasteiger partial charge is 0.355 e. The summed E-state index contributed by atoms with van der Waals surface area (Å²) in [6.07, 6.45) is 7.09. The second-order valence-electron chi connectivity index (χ2n) is 4.29. The van der Waals surface area contributed by atoms with Gasteiger partial charge in [-0.1, -0.05) is 19.3 Å². The first kappa shape index (κ1) is 11.8. The van der Waals surface area contributed by atoms with Crippen molar-refractivity contribution in [3.63, 3.8) is 0 Å². The molecule has 1 rings (SSSR count). The Morgan fingerprint density at radius 3 is 2.64 bits per heavy atom. The third kappa shape index (κ3) is 4.85. The van der Waals surface area contributed by atoms with E-state index in [4.69, 9.17) is 11.6 Å². The van der Waals surface area contributed by atoms with Gasteiger partial charge in [-0.05, 0) is 25.7 Å². The zero-order valence-corrected chi connectivity index (χ0v) is 9.65. The molecule has 1 aliphatic carbocycles. The number of carbonyl (C=O) groups is 1. The maximum atomic E-state index is 11.4. The summed E-state index contributed by atoms with van der Waals surface area (Å²) in [6.45, 7) is 2.48. The van der Waals surface area contributed by atoms with E-state index in [-0.39, 0.29) is 11.3 Å². The summed E-state index contributed by atoms with van der Waals surface area (Å²) in [5.41, 5.74) is 0. The predicted molar refractivity (Wildman–Crippen MR) is 59.5 cm³/mol. The molecule has 0 aromatic rings. The maximum Gasteiger partial charge on any atom is 0.220 e. The fourth-order valence-corrected chi connectivity index (χ4v) is 2.06.